The Kier molecular flexibility index (Phi) is 8.43. The van der Waals surface area contributed by atoms with Crippen molar-refractivity contribution < 1.29 is 22.7 Å². The van der Waals surface area contributed by atoms with Crippen LogP contribution in [0.5, 0.6) is 5.75 Å². The third kappa shape index (κ3) is 6.85. The van der Waals surface area contributed by atoms with E-state index in [1.54, 1.807) is 35.2 Å². The summed E-state index contributed by atoms with van der Waals surface area (Å²) >= 11 is 5.85. The van der Waals surface area contributed by atoms with Crippen LogP contribution in [0.4, 0.5) is 0 Å². The van der Waals surface area contributed by atoms with Gasteiger partial charge in [0, 0.05) is 36.8 Å². The maximum absolute atomic E-state index is 12.8. The zero-order chi connectivity index (χ0) is 26.4. The average molecular weight is 539 g/mol. The molecule has 4 rings (SSSR count). The minimum absolute atomic E-state index is 0.129. The van der Waals surface area contributed by atoms with Gasteiger partial charge in [-0.25, -0.2) is 8.42 Å². The summed E-state index contributed by atoms with van der Waals surface area (Å²) in [5.41, 5.74) is 2.59. The monoisotopic (exact) mass is 538 g/mol. The number of sulfonamides is 1. The molecular formula is C28H27ClN2O5S. The largest absolute Gasteiger partial charge is 0.484 e. The topological polar surface area (TPSA) is 84.0 Å². The van der Waals surface area contributed by atoms with Gasteiger partial charge in [0.05, 0.1) is 4.90 Å². The number of carbonyl (C=O) groups is 2. The average Bonchev–Trinajstić information content (AvgIpc) is 2.91. The Bertz CT molecular complexity index is 1400. The summed E-state index contributed by atoms with van der Waals surface area (Å²) in [6, 6.07) is 20.5. The van der Waals surface area contributed by atoms with E-state index >= 15 is 0 Å². The fourth-order valence-electron chi connectivity index (χ4n) is 3.93. The van der Waals surface area contributed by atoms with Gasteiger partial charge in [0.15, 0.2) is 12.4 Å². The number of hydrogen-bond donors (Lipinski definition) is 0. The molecule has 0 radical (unpaired) electrons. The summed E-state index contributed by atoms with van der Waals surface area (Å²) in [6.07, 6.45) is 3.31. The molecule has 9 heteroatoms. The molecule has 37 heavy (non-hydrogen) atoms. The van der Waals surface area contributed by atoms with Gasteiger partial charge in [-0.3, -0.25) is 9.59 Å². The SMILES string of the molecule is Cc1cccc(C=CC(=O)c2ccc(OCC(=O)N3CCN(S(=O)(=O)c4ccc(Cl)cc4)CC3)cc2)c1. The molecule has 0 saturated carbocycles. The standard InChI is InChI=1S/C28H27ClN2O5S/c1-21-3-2-4-22(19-21)5-14-27(32)23-6-10-25(11-7-23)36-20-28(33)30-15-17-31(18-16-30)37(34,35)26-12-8-24(29)9-13-26/h2-14,19H,15-18,20H2,1H3. The van der Waals surface area contributed by atoms with Gasteiger partial charge in [-0.15, -0.1) is 0 Å². The Morgan fingerprint density at radius 3 is 2.27 bits per heavy atom. The number of ether oxygens (including phenoxy) is 1. The van der Waals surface area contributed by atoms with E-state index in [1.165, 1.54) is 34.6 Å². The minimum atomic E-state index is -3.64. The molecule has 192 valence electrons. The number of aryl methyl sites for hydroxylation is 1. The summed E-state index contributed by atoms with van der Waals surface area (Å²) in [7, 11) is -3.64. The van der Waals surface area contributed by atoms with E-state index in [0.717, 1.165) is 11.1 Å². The molecule has 1 aliphatic heterocycles. The fourth-order valence-corrected chi connectivity index (χ4v) is 5.48. The lowest BCUT2D eigenvalue weighted by atomic mass is 10.1. The van der Waals surface area contributed by atoms with Crippen LogP contribution >= 0.6 is 11.6 Å². The maximum Gasteiger partial charge on any atom is 0.260 e. The Morgan fingerprint density at radius 1 is 0.946 bits per heavy atom. The lowest BCUT2D eigenvalue weighted by Gasteiger charge is -2.34. The molecule has 0 unspecified atom stereocenters. The fraction of sp³-hybridized carbons (Fsp3) is 0.214. The summed E-state index contributed by atoms with van der Waals surface area (Å²) in [4.78, 5) is 26.8. The minimum Gasteiger partial charge on any atom is -0.484 e. The lowest BCUT2D eigenvalue weighted by molar-refractivity contribution is -0.134. The number of rotatable bonds is 8. The van der Waals surface area contributed by atoms with Crippen molar-refractivity contribution in [3.05, 3.63) is 101 Å². The van der Waals surface area contributed by atoms with E-state index in [0.29, 0.717) is 16.3 Å². The predicted octanol–water partition coefficient (Wildman–Crippen LogP) is 4.46. The molecule has 0 spiro atoms. The predicted molar refractivity (Wildman–Crippen MR) is 143 cm³/mol. The van der Waals surface area contributed by atoms with Crippen LogP contribution < -0.4 is 4.74 Å². The first-order valence-corrected chi connectivity index (χ1v) is 13.6. The molecular weight excluding hydrogens is 512 g/mol. The molecule has 0 atom stereocenters. The first kappa shape index (κ1) is 26.6. The van der Waals surface area contributed by atoms with E-state index in [1.807, 2.05) is 31.2 Å². The van der Waals surface area contributed by atoms with E-state index in [4.69, 9.17) is 16.3 Å². The number of ketones is 1. The third-order valence-corrected chi connectivity index (χ3v) is 8.18. The number of benzene rings is 3. The van der Waals surface area contributed by atoms with Crippen molar-refractivity contribution in [2.24, 2.45) is 0 Å². The zero-order valence-corrected chi connectivity index (χ0v) is 21.9. The molecule has 1 saturated heterocycles. The molecule has 1 amide bonds. The molecule has 0 bridgehead atoms. The Morgan fingerprint density at radius 2 is 1.62 bits per heavy atom. The van der Waals surface area contributed by atoms with Crippen LogP contribution in [0, 0.1) is 6.92 Å². The summed E-state index contributed by atoms with van der Waals surface area (Å²) < 4.78 is 32.6. The smallest absolute Gasteiger partial charge is 0.260 e. The number of nitrogens with zero attached hydrogens (tertiary/aromatic N) is 2. The first-order chi connectivity index (χ1) is 17.7. The molecule has 1 heterocycles. The summed E-state index contributed by atoms with van der Waals surface area (Å²) in [5.74, 6) is 0.108. The Hall–Kier alpha value is -3.46. The van der Waals surface area contributed by atoms with Crippen LogP contribution in [-0.2, 0) is 14.8 Å². The number of allylic oxidation sites excluding steroid dienone is 1. The molecule has 0 N–H and O–H groups in total. The van der Waals surface area contributed by atoms with Gasteiger partial charge in [-0.1, -0.05) is 47.5 Å². The van der Waals surface area contributed by atoms with Crippen LogP contribution in [-0.4, -0.2) is 62.1 Å². The van der Waals surface area contributed by atoms with E-state index < -0.39 is 10.0 Å². The van der Waals surface area contributed by atoms with E-state index in [9.17, 15) is 18.0 Å². The van der Waals surface area contributed by atoms with Crippen molar-refractivity contribution in [3.8, 4) is 5.75 Å². The van der Waals surface area contributed by atoms with Crippen LogP contribution in [0.15, 0.2) is 83.8 Å². The third-order valence-electron chi connectivity index (χ3n) is 6.01. The second-order valence-corrected chi connectivity index (χ2v) is 11.0. The van der Waals surface area contributed by atoms with Gasteiger partial charge < -0.3 is 9.64 Å². The van der Waals surface area contributed by atoms with Gasteiger partial charge in [0.2, 0.25) is 10.0 Å². The molecule has 7 nitrogen and oxygen atoms in total. The molecule has 3 aromatic carbocycles. The summed E-state index contributed by atoms with van der Waals surface area (Å²) in [6.45, 7) is 2.76. The maximum atomic E-state index is 12.8. The second-order valence-electron chi connectivity index (χ2n) is 8.66. The Labute approximate surface area is 222 Å². The number of halogens is 1. The normalized spacial score (nSPS) is 14.6. The van der Waals surface area contributed by atoms with Crippen molar-refractivity contribution >= 4 is 39.4 Å². The van der Waals surface area contributed by atoms with Crippen LogP contribution in [0.2, 0.25) is 5.02 Å². The van der Waals surface area contributed by atoms with Gasteiger partial charge in [0.25, 0.3) is 5.91 Å². The molecule has 1 fully saturated rings. The second kappa shape index (κ2) is 11.7. The van der Waals surface area contributed by atoms with Gasteiger partial charge in [0.1, 0.15) is 5.75 Å². The molecule has 1 aliphatic rings. The highest BCUT2D eigenvalue weighted by Gasteiger charge is 2.30. The van der Waals surface area contributed by atoms with Gasteiger partial charge in [-0.2, -0.15) is 4.31 Å². The van der Waals surface area contributed by atoms with Crippen molar-refractivity contribution in [2.45, 2.75) is 11.8 Å². The Balaban J connectivity index is 1.26. The quantitative estimate of drug-likeness (QED) is 0.312. The van der Waals surface area contributed by atoms with Gasteiger partial charge >= 0.3 is 0 Å². The highest BCUT2D eigenvalue weighted by molar-refractivity contribution is 7.89. The lowest BCUT2D eigenvalue weighted by Crippen LogP contribution is -2.51. The van der Waals surface area contributed by atoms with Crippen LogP contribution in [0.25, 0.3) is 6.08 Å². The summed E-state index contributed by atoms with van der Waals surface area (Å²) in [5, 5.41) is 0.463. The number of carbonyl (C=O) groups excluding carboxylic acids is 2. The van der Waals surface area contributed by atoms with Crippen molar-refractivity contribution in [1.82, 2.24) is 9.21 Å². The number of piperazine rings is 1. The van der Waals surface area contributed by atoms with Crippen LogP contribution in [0.1, 0.15) is 21.5 Å². The first-order valence-electron chi connectivity index (χ1n) is 11.8. The van der Waals surface area contributed by atoms with E-state index in [2.05, 4.69) is 0 Å². The van der Waals surface area contributed by atoms with Crippen molar-refractivity contribution in [3.63, 3.8) is 0 Å². The van der Waals surface area contributed by atoms with Crippen molar-refractivity contribution in [2.75, 3.05) is 32.8 Å². The highest BCUT2D eigenvalue weighted by Crippen LogP contribution is 2.20. The van der Waals surface area contributed by atoms with Crippen LogP contribution in [0.3, 0.4) is 0 Å². The van der Waals surface area contributed by atoms with E-state index in [-0.39, 0.29) is 49.4 Å². The number of hydrogen-bond acceptors (Lipinski definition) is 5. The molecule has 0 aliphatic carbocycles. The van der Waals surface area contributed by atoms with Crippen molar-refractivity contribution in [1.29, 1.82) is 0 Å². The molecule has 0 aromatic heterocycles. The number of amides is 1. The van der Waals surface area contributed by atoms with Gasteiger partial charge in [-0.05, 0) is 67.1 Å². The zero-order valence-electron chi connectivity index (χ0n) is 20.3. The highest BCUT2D eigenvalue weighted by atomic mass is 35.5. The molecule has 3 aromatic rings.